The summed E-state index contributed by atoms with van der Waals surface area (Å²) in [4.78, 5) is 2.19. The summed E-state index contributed by atoms with van der Waals surface area (Å²) in [5.41, 5.74) is 0. The molecular formula is C8H12FN. The molecule has 0 saturated heterocycles. The molecule has 0 unspecified atom stereocenters. The van der Waals surface area contributed by atoms with Crippen LogP contribution in [0.1, 0.15) is 6.42 Å². The SMILES string of the molecule is F/C=C/CN1CC=CCC1. The van der Waals surface area contributed by atoms with Crippen molar-refractivity contribution in [2.45, 2.75) is 6.42 Å². The highest BCUT2D eigenvalue weighted by atomic mass is 19.1. The number of hydrogen-bond acceptors (Lipinski definition) is 1. The van der Waals surface area contributed by atoms with Gasteiger partial charge in [-0.05, 0) is 12.5 Å². The number of hydrogen-bond donors (Lipinski definition) is 0. The molecule has 0 N–H and O–H groups in total. The van der Waals surface area contributed by atoms with E-state index in [0.717, 1.165) is 26.1 Å². The van der Waals surface area contributed by atoms with Gasteiger partial charge in [0.15, 0.2) is 0 Å². The first-order valence-electron chi connectivity index (χ1n) is 3.56. The molecule has 2 heteroatoms. The quantitative estimate of drug-likeness (QED) is 0.529. The molecule has 0 radical (unpaired) electrons. The average molecular weight is 141 g/mol. The van der Waals surface area contributed by atoms with E-state index in [2.05, 4.69) is 17.1 Å². The first-order valence-corrected chi connectivity index (χ1v) is 3.56. The fourth-order valence-electron chi connectivity index (χ4n) is 1.04. The molecule has 1 aliphatic heterocycles. The van der Waals surface area contributed by atoms with E-state index in [-0.39, 0.29) is 0 Å². The summed E-state index contributed by atoms with van der Waals surface area (Å²) in [5, 5.41) is 0. The summed E-state index contributed by atoms with van der Waals surface area (Å²) in [6, 6.07) is 0. The van der Waals surface area contributed by atoms with E-state index >= 15 is 0 Å². The molecule has 0 fully saturated rings. The van der Waals surface area contributed by atoms with Crippen LogP contribution in [0.5, 0.6) is 0 Å². The van der Waals surface area contributed by atoms with Crippen molar-refractivity contribution >= 4 is 0 Å². The molecule has 0 aromatic rings. The van der Waals surface area contributed by atoms with E-state index in [4.69, 9.17) is 0 Å². The van der Waals surface area contributed by atoms with Crippen LogP contribution in [0.25, 0.3) is 0 Å². The molecule has 1 rings (SSSR count). The zero-order valence-corrected chi connectivity index (χ0v) is 5.96. The highest BCUT2D eigenvalue weighted by Crippen LogP contribution is 1.99. The first kappa shape index (κ1) is 7.48. The topological polar surface area (TPSA) is 3.24 Å². The average Bonchev–Trinajstić information content (AvgIpc) is 2.03. The molecule has 0 aromatic heterocycles. The Kier molecular flexibility index (Phi) is 3.16. The maximum atomic E-state index is 11.5. The van der Waals surface area contributed by atoms with Gasteiger partial charge in [0.2, 0.25) is 0 Å². The summed E-state index contributed by atoms with van der Waals surface area (Å²) in [6.07, 6.45) is 7.53. The third kappa shape index (κ3) is 2.31. The van der Waals surface area contributed by atoms with Crippen molar-refractivity contribution in [1.82, 2.24) is 4.90 Å². The minimum absolute atomic E-state index is 0.609. The highest BCUT2D eigenvalue weighted by Gasteiger charge is 2.01. The van der Waals surface area contributed by atoms with E-state index in [9.17, 15) is 4.39 Å². The smallest absolute Gasteiger partial charge is 0.0839 e. The Morgan fingerprint density at radius 2 is 2.40 bits per heavy atom. The third-order valence-electron chi connectivity index (χ3n) is 1.59. The molecule has 0 saturated carbocycles. The zero-order valence-electron chi connectivity index (χ0n) is 5.96. The molecule has 1 nitrogen and oxygen atoms in total. The molecule has 0 bridgehead atoms. The largest absolute Gasteiger partial charge is 0.296 e. The Morgan fingerprint density at radius 1 is 1.50 bits per heavy atom. The van der Waals surface area contributed by atoms with Gasteiger partial charge in [0.1, 0.15) is 0 Å². The normalized spacial score (nSPS) is 20.5. The van der Waals surface area contributed by atoms with Gasteiger partial charge in [0.05, 0.1) is 6.33 Å². The van der Waals surface area contributed by atoms with Crippen molar-refractivity contribution in [3.8, 4) is 0 Å². The standard InChI is InChI=1S/C8H12FN/c9-5-4-8-10-6-2-1-3-7-10/h1-2,4-5H,3,6-8H2/b5-4+. The Bertz CT molecular complexity index is 140. The molecular weight excluding hydrogens is 129 g/mol. The maximum absolute atomic E-state index is 11.5. The number of halogens is 1. The first-order chi connectivity index (χ1) is 4.93. The van der Waals surface area contributed by atoms with Gasteiger partial charge in [-0.25, -0.2) is 4.39 Å². The Hall–Kier alpha value is -0.630. The van der Waals surface area contributed by atoms with Gasteiger partial charge in [-0.1, -0.05) is 12.2 Å². The van der Waals surface area contributed by atoms with Gasteiger partial charge in [0.25, 0.3) is 0 Å². The fourth-order valence-corrected chi connectivity index (χ4v) is 1.04. The molecule has 0 aromatic carbocycles. The van der Waals surface area contributed by atoms with E-state index in [1.54, 1.807) is 6.08 Å². The second kappa shape index (κ2) is 4.23. The minimum Gasteiger partial charge on any atom is -0.296 e. The Balaban J connectivity index is 2.22. The van der Waals surface area contributed by atoms with Crippen LogP contribution in [0.15, 0.2) is 24.6 Å². The van der Waals surface area contributed by atoms with Crippen molar-refractivity contribution in [2.24, 2.45) is 0 Å². The van der Waals surface area contributed by atoms with Crippen LogP contribution in [0, 0.1) is 0 Å². The highest BCUT2D eigenvalue weighted by molar-refractivity contribution is 4.92. The minimum atomic E-state index is 0.609. The Morgan fingerprint density at radius 3 is 3.00 bits per heavy atom. The van der Waals surface area contributed by atoms with Crippen molar-refractivity contribution in [3.05, 3.63) is 24.6 Å². The van der Waals surface area contributed by atoms with Crippen LogP contribution in [-0.2, 0) is 0 Å². The van der Waals surface area contributed by atoms with Crippen molar-refractivity contribution in [1.29, 1.82) is 0 Å². The predicted molar refractivity (Wildman–Crippen MR) is 40.4 cm³/mol. The van der Waals surface area contributed by atoms with E-state index in [0.29, 0.717) is 6.33 Å². The number of rotatable bonds is 2. The summed E-state index contributed by atoms with van der Waals surface area (Å²) in [6.45, 7) is 2.76. The molecule has 56 valence electrons. The molecule has 10 heavy (non-hydrogen) atoms. The van der Waals surface area contributed by atoms with Crippen LogP contribution in [0.2, 0.25) is 0 Å². The monoisotopic (exact) mass is 141 g/mol. The van der Waals surface area contributed by atoms with E-state index in [1.165, 1.54) is 0 Å². The second-order valence-corrected chi connectivity index (χ2v) is 2.38. The van der Waals surface area contributed by atoms with Crippen LogP contribution >= 0.6 is 0 Å². The van der Waals surface area contributed by atoms with Gasteiger partial charge in [0, 0.05) is 19.6 Å². The molecule has 1 aliphatic rings. The summed E-state index contributed by atoms with van der Waals surface area (Å²) >= 11 is 0. The Labute approximate surface area is 60.8 Å². The van der Waals surface area contributed by atoms with Crippen LogP contribution in [-0.4, -0.2) is 24.5 Å². The number of nitrogens with zero attached hydrogens (tertiary/aromatic N) is 1. The molecule has 0 atom stereocenters. The van der Waals surface area contributed by atoms with Crippen molar-refractivity contribution in [2.75, 3.05) is 19.6 Å². The summed E-state index contributed by atoms with van der Waals surface area (Å²) in [7, 11) is 0. The molecule has 0 spiro atoms. The van der Waals surface area contributed by atoms with Gasteiger partial charge < -0.3 is 0 Å². The lowest BCUT2D eigenvalue weighted by Crippen LogP contribution is -2.27. The van der Waals surface area contributed by atoms with Crippen molar-refractivity contribution < 1.29 is 4.39 Å². The van der Waals surface area contributed by atoms with Crippen LogP contribution < -0.4 is 0 Å². The molecule has 0 aliphatic carbocycles. The lowest BCUT2D eigenvalue weighted by Gasteiger charge is -2.20. The van der Waals surface area contributed by atoms with E-state index < -0.39 is 0 Å². The van der Waals surface area contributed by atoms with Gasteiger partial charge >= 0.3 is 0 Å². The van der Waals surface area contributed by atoms with Gasteiger partial charge in [-0.2, -0.15) is 0 Å². The third-order valence-corrected chi connectivity index (χ3v) is 1.59. The predicted octanol–water partition coefficient (Wildman–Crippen LogP) is 1.73. The van der Waals surface area contributed by atoms with Crippen LogP contribution in [0.3, 0.4) is 0 Å². The molecule has 0 amide bonds. The molecule has 1 heterocycles. The van der Waals surface area contributed by atoms with Gasteiger partial charge in [-0.15, -0.1) is 0 Å². The van der Waals surface area contributed by atoms with Crippen LogP contribution in [0.4, 0.5) is 4.39 Å². The maximum Gasteiger partial charge on any atom is 0.0839 e. The summed E-state index contributed by atoms with van der Waals surface area (Å²) in [5.74, 6) is 0. The summed E-state index contributed by atoms with van der Waals surface area (Å²) < 4.78 is 11.5. The lowest BCUT2D eigenvalue weighted by atomic mass is 10.2. The zero-order chi connectivity index (χ0) is 7.23. The van der Waals surface area contributed by atoms with Crippen molar-refractivity contribution in [3.63, 3.8) is 0 Å². The fraction of sp³-hybridized carbons (Fsp3) is 0.500. The van der Waals surface area contributed by atoms with E-state index in [1.807, 2.05) is 0 Å². The second-order valence-electron chi connectivity index (χ2n) is 2.38. The lowest BCUT2D eigenvalue weighted by molar-refractivity contribution is 0.330. The van der Waals surface area contributed by atoms with Gasteiger partial charge in [-0.3, -0.25) is 4.90 Å².